The van der Waals surface area contributed by atoms with Crippen LogP contribution in [0.5, 0.6) is 5.75 Å². The second kappa shape index (κ2) is 12.6. The maximum absolute atomic E-state index is 11.6. The Kier molecular flexibility index (Phi) is 10.7. The minimum atomic E-state index is -0.856. The van der Waals surface area contributed by atoms with Crippen molar-refractivity contribution in [3.05, 3.63) is 41.7 Å². The van der Waals surface area contributed by atoms with Gasteiger partial charge in [-0.25, -0.2) is 4.79 Å². The van der Waals surface area contributed by atoms with Gasteiger partial charge in [-0.1, -0.05) is 77.0 Å². The van der Waals surface area contributed by atoms with Crippen LogP contribution in [-0.4, -0.2) is 11.1 Å². The van der Waals surface area contributed by atoms with Gasteiger partial charge in [0, 0.05) is 6.42 Å². The van der Waals surface area contributed by atoms with E-state index in [9.17, 15) is 9.90 Å². The Morgan fingerprint density at radius 2 is 1.50 bits per heavy atom. The van der Waals surface area contributed by atoms with E-state index in [1.54, 1.807) is 0 Å². The molecule has 1 rings (SSSR count). The van der Waals surface area contributed by atoms with Crippen molar-refractivity contribution < 1.29 is 14.6 Å². The molecule has 24 heavy (non-hydrogen) atoms. The number of allylic oxidation sites excluding steroid dienone is 1. The van der Waals surface area contributed by atoms with E-state index in [0.717, 1.165) is 19.3 Å². The first-order valence-corrected chi connectivity index (χ1v) is 9.37. The maximum atomic E-state index is 11.6. The highest BCUT2D eigenvalue weighted by Gasteiger charge is 2.15. The third-order valence-electron chi connectivity index (χ3n) is 4.09. The number of carboxylic acids is 1. The van der Waals surface area contributed by atoms with Gasteiger partial charge in [0.05, 0.1) is 5.57 Å². The summed E-state index contributed by atoms with van der Waals surface area (Å²) < 4.78 is 5.93. The van der Waals surface area contributed by atoms with Gasteiger partial charge >= 0.3 is 5.97 Å². The van der Waals surface area contributed by atoms with E-state index < -0.39 is 5.97 Å². The molecule has 3 nitrogen and oxygen atoms in total. The van der Waals surface area contributed by atoms with Gasteiger partial charge in [-0.3, -0.25) is 0 Å². The van der Waals surface area contributed by atoms with E-state index >= 15 is 0 Å². The second-order valence-corrected chi connectivity index (χ2v) is 6.24. The Hall–Kier alpha value is -1.77. The number of hydrogen-bond acceptors (Lipinski definition) is 2. The highest BCUT2D eigenvalue weighted by molar-refractivity contribution is 5.87. The van der Waals surface area contributed by atoms with E-state index in [0.29, 0.717) is 29.9 Å². The molecule has 1 aromatic rings. The molecule has 1 N–H and O–H groups in total. The minimum Gasteiger partial charge on any atom is -0.478 e. The van der Waals surface area contributed by atoms with E-state index in [4.69, 9.17) is 4.74 Å². The van der Waals surface area contributed by atoms with Crippen molar-refractivity contribution in [3.63, 3.8) is 0 Å². The molecule has 0 heterocycles. The van der Waals surface area contributed by atoms with Gasteiger partial charge in [-0.15, -0.1) is 0 Å². The molecule has 3 heteroatoms. The summed E-state index contributed by atoms with van der Waals surface area (Å²) in [6.07, 6.45) is 10.5. The lowest BCUT2D eigenvalue weighted by atomic mass is 10.0. The van der Waals surface area contributed by atoms with Crippen molar-refractivity contribution in [2.75, 3.05) is 0 Å². The van der Waals surface area contributed by atoms with Crippen LogP contribution in [0.4, 0.5) is 0 Å². The van der Waals surface area contributed by atoms with Crippen LogP contribution in [0.25, 0.3) is 0 Å². The zero-order valence-corrected chi connectivity index (χ0v) is 15.2. The molecule has 0 spiro atoms. The van der Waals surface area contributed by atoms with Crippen molar-refractivity contribution in [2.24, 2.45) is 0 Å². The quantitative estimate of drug-likeness (QED) is 0.260. The molecule has 134 valence electrons. The third-order valence-corrected chi connectivity index (χ3v) is 4.09. The van der Waals surface area contributed by atoms with E-state index in [1.165, 1.54) is 32.1 Å². The topological polar surface area (TPSA) is 46.5 Å². The molecule has 0 radical (unpaired) electrons. The molecule has 0 amide bonds. The van der Waals surface area contributed by atoms with Crippen LogP contribution in [0.2, 0.25) is 0 Å². The lowest BCUT2D eigenvalue weighted by molar-refractivity contribution is -0.133. The number of ether oxygens (including phenoxy) is 1. The molecule has 0 saturated heterocycles. The summed E-state index contributed by atoms with van der Waals surface area (Å²) in [6, 6.07) is 9.48. The predicted octanol–water partition coefficient (Wildman–Crippen LogP) is 6.34. The molecule has 0 fully saturated rings. The molecular weight excluding hydrogens is 300 g/mol. The summed E-state index contributed by atoms with van der Waals surface area (Å²) in [4.78, 5) is 11.6. The minimum absolute atomic E-state index is 0.423. The monoisotopic (exact) mass is 332 g/mol. The largest absolute Gasteiger partial charge is 0.478 e. The first-order valence-electron chi connectivity index (χ1n) is 9.37. The van der Waals surface area contributed by atoms with Crippen LogP contribution in [0.1, 0.15) is 78.1 Å². The summed E-state index contributed by atoms with van der Waals surface area (Å²) in [5.41, 5.74) is 0.423. The average Bonchev–Trinajstić information content (AvgIpc) is 2.58. The molecule has 0 aromatic heterocycles. The summed E-state index contributed by atoms with van der Waals surface area (Å²) in [6.45, 7) is 4.22. The van der Waals surface area contributed by atoms with Gasteiger partial charge in [-0.2, -0.15) is 0 Å². The smallest absolute Gasteiger partial charge is 0.334 e. The number of rotatable bonds is 13. The lowest BCUT2D eigenvalue weighted by Crippen LogP contribution is -2.09. The fraction of sp³-hybridized carbons (Fsp3) is 0.571. The lowest BCUT2D eigenvalue weighted by Gasteiger charge is -2.14. The van der Waals surface area contributed by atoms with Crippen molar-refractivity contribution in [3.8, 4) is 5.75 Å². The number of carbonyl (C=O) groups is 1. The number of para-hydroxylation sites is 1. The van der Waals surface area contributed by atoms with Gasteiger partial charge in [0.15, 0.2) is 0 Å². The molecule has 0 aliphatic carbocycles. The Balaban J connectivity index is 2.64. The van der Waals surface area contributed by atoms with Crippen molar-refractivity contribution >= 4 is 5.97 Å². The van der Waals surface area contributed by atoms with E-state index in [1.807, 2.05) is 37.3 Å². The van der Waals surface area contributed by atoms with Crippen LogP contribution >= 0.6 is 0 Å². The fourth-order valence-corrected chi connectivity index (χ4v) is 2.75. The van der Waals surface area contributed by atoms with Crippen LogP contribution < -0.4 is 4.74 Å². The van der Waals surface area contributed by atoms with E-state index in [-0.39, 0.29) is 0 Å². The van der Waals surface area contributed by atoms with Gasteiger partial charge in [0.2, 0.25) is 0 Å². The van der Waals surface area contributed by atoms with Crippen LogP contribution in [0.15, 0.2) is 41.7 Å². The molecule has 1 aromatic carbocycles. The molecule has 0 atom stereocenters. The third kappa shape index (κ3) is 8.19. The first kappa shape index (κ1) is 20.3. The number of benzene rings is 1. The van der Waals surface area contributed by atoms with Crippen LogP contribution in [0.3, 0.4) is 0 Å². The molecule has 0 saturated carbocycles. The molecule has 0 aliphatic rings. The fourth-order valence-electron chi connectivity index (χ4n) is 2.75. The van der Waals surface area contributed by atoms with Gasteiger partial charge in [0.25, 0.3) is 0 Å². The van der Waals surface area contributed by atoms with Gasteiger partial charge in [-0.05, 0) is 25.0 Å². The zero-order chi connectivity index (χ0) is 17.6. The maximum Gasteiger partial charge on any atom is 0.334 e. The number of hydrogen-bond donors (Lipinski definition) is 1. The van der Waals surface area contributed by atoms with Crippen LogP contribution in [-0.2, 0) is 4.79 Å². The Labute approximate surface area is 146 Å². The Bertz CT molecular complexity index is 491. The number of carboxylic acid groups (broad SMARTS) is 1. The molecule has 0 aliphatic heterocycles. The SMILES string of the molecule is CCCCCCCCCC(Oc1ccccc1)=C(CCC)C(=O)O. The van der Waals surface area contributed by atoms with Crippen LogP contribution in [0, 0.1) is 0 Å². The molecule has 0 unspecified atom stereocenters. The van der Waals surface area contributed by atoms with Gasteiger partial charge in [0.1, 0.15) is 11.5 Å². The normalized spacial score (nSPS) is 11.9. The van der Waals surface area contributed by atoms with Gasteiger partial charge < -0.3 is 9.84 Å². The Morgan fingerprint density at radius 3 is 2.08 bits per heavy atom. The molecular formula is C21H32O3. The highest BCUT2D eigenvalue weighted by atomic mass is 16.5. The van der Waals surface area contributed by atoms with Crippen molar-refractivity contribution in [1.82, 2.24) is 0 Å². The Morgan fingerprint density at radius 1 is 0.875 bits per heavy atom. The predicted molar refractivity (Wildman–Crippen MR) is 99.2 cm³/mol. The average molecular weight is 332 g/mol. The zero-order valence-electron chi connectivity index (χ0n) is 15.2. The summed E-state index contributed by atoms with van der Waals surface area (Å²) in [5.74, 6) is 0.486. The van der Waals surface area contributed by atoms with Crippen molar-refractivity contribution in [2.45, 2.75) is 78.1 Å². The standard InChI is InChI=1S/C21H32O3/c1-3-5-6-7-8-9-13-17-20(19(14-4-2)21(22)23)24-18-15-11-10-12-16-18/h10-12,15-16H,3-9,13-14,17H2,1-2H3,(H,22,23). The highest BCUT2D eigenvalue weighted by Crippen LogP contribution is 2.23. The summed E-state index contributed by atoms with van der Waals surface area (Å²) in [7, 11) is 0. The van der Waals surface area contributed by atoms with E-state index in [2.05, 4.69) is 6.92 Å². The second-order valence-electron chi connectivity index (χ2n) is 6.24. The summed E-state index contributed by atoms with van der Waals surface area (Å²) in [5, 5.41) is 9.51. The number of aliphatic carboxylic acids is 1. The first-order chi connectivity index (χ1) is 11.7. The van der Waals surface area contributed by atoms with Crippen molar-refractivity contribution in [1.29, 1.82) is 0 Å². The number of unbranched alkanes of at least 4 members (excludes halogenated alkanes) is 6. The molecule has 0 bridgehead atoms. The summed E-state index contributed by atoms with van der Waals surface area (Å²) >= 11 is 0.